The lowest BCUT2D eigenvalue weighted by Crippen LogP contribution is -2.44. The maximum absolute atomic E-state index is 5.79. The van der Waals surface area contributed by atoms with Crippen molar-refractivity contribution in [2.24, 2.45) is 5.92 Å². The largest absolute Gasteiger partial charge is 0.348 e. The number of rotatable bonds is 3. The first-order valence-corrected chi connectivity index (χ1v) is 7.41. The van der Waals surface area contributed by atoms with Crippen LogP contribution in [0.2, 0.25) is 0 Å². The topological polar surface area (TPSA) is 21.7 Å². The van der Waals surface area contributed by atoms with Gasteiger partial charge in [-0.2, -0.15) is 0 Å². The summed E-state index contributed by atoms with van der Waals surface area (Å²) in [4.78, 5) is 2.57. The van der Waals surface area contributed by atoms with Crippen molar-refractivity contribution in [3.63, 3.8) is 0 Å². The number of allylic oxidation sites excluding steroid dienone is 2. The van der Waals surface area contributed by atoms with Crippen LogP contribution < -0.4 is 0 Å². The maximum atomic E-state index is 5.79. The van der Waals surface area contributed by atoms with Crippen molar-refractivity contribution in [3.05, 3.63) is 12.2 Å². The summed E-state index contributed by atoms with van der Waals surface area (Å²) < 4.78 is 11.6. The van der Waals surface area contributed by atoms with Crippen LogP contribution in [-0.2, 0) is 9.47 Å². The molecule has 1 aliphatic heterocycles. The van der Waals surface area contributed by atoms with Gasteiger partial charge in [0.2, 0.25) is 0 Å². The van der Waals surface area contributed by atoms with E-state index in [-0.39, 0.29) is 5.79 Å². The van der Waals surface area contributed by atoms with E-state index < -0.39 is 0 Å². The Bertz CT molecular complexity index is 292. The van der Waals surface area contributed by atoms with E-state index in [1.54, 1.807) is 0 Å². The maximum Gasteiger partial charge on any atom is 0.168 e. The van der Waals surface area contributed by atoms with Crippen molar-refractivity contribution in [3.8, 4) is 0 Å². The fourth-order valence-corrected chi connectivity index (χ4v) is 3.65. The first-order valence-electron chi connectivity index (χ1n) is 7.41. The molecule has 3 aliphatic rings. The number of hydrogen-bond donors (Lipinski definition) is 0. The minimum absolute atomic E-state index is 0.202. The first-order chi connectivity index (χ1) is 8.77. The summed E-state index contributed by atoms with van der Waals surface area (Å²) in [6.07, 6.45) is 11.8. The van der Waals surface area contributed by atoms with E-state index in [0.717, 1.165) is 38.0 Å². The van der Waals surface area contributed by atoms with Gasteiger partial charge in [-0.05, 0) is 38.6 Å². The zero-order chi connectivity index (χ0) is 12.4. The molecule has 0 unspecified atom stereocenters. The molecule has 2 aliphatic carbocycles. The first kappa shape index (κ1) is 12.6. The van der Waals surface area contributed by atoms with E-state index in [9.17, 15) is 0 Å². The molecule has 0 aromatic heterocycles. The van der Waals surface area contributed by atoms with Crippen molar-refractivity contribution >= 4 is 0 Å². The van der Waals surface area contributed by atoms with Crippen LogP contribution in [-0.4, -0.2) is 43.5 Å². The molecule has 0 aromatic rings. The monoisotopic (exact) mass is 251 g/mol. The quantitative estimate of drug-likeness (QED) is 0.720. The SMILES string of the molecule is CN(CC1CC=CC1)C1CCC2(CC1)OCCO2. The summed E-state index contributed by atoms with van der Waals surface area (Å²) >= 11 is 0. The van der Waals surface area contributed by atoms with Crippen molar-refractivity contribution in [1.82, 2.24) is 4.90 Å². The molecule has 1 heterocycles. The molecule has 102 valence electrons. The zero-order valence-electron chi connectivity index (χ0n) is 11.4. The highest BCUT2D eigenvalue weighted by Gasteiger charge is 2.41. The van der Waals surface area contributed by atoms with E-state index >= 15 is 0 Å². The molecule has 0 amide bonds. The average Bonchev–Trinajstić information content (AvgIpc) is 3.03. The van der Waals surface area contributed by atoms with Crippen LogP contribution in [0, 0.1) is 5.92 Å². The van der Waals surface area contributed by atoms with Gasteiger partial charge in [-0.1, -0.05) is 12.2 Å². The Labute approximate surface area is 110 Å². The number of nitrogens with zero attached hydrogens (tertiary/aromatic N) is 1. The lowest BCUT2D eigenvalue weighted by atomic mass is 9.88. The third-order valence-electron chi connectivity index (χ3n) is 4.81. The molecule has 3 nitrogen and oxygen atoms in total. The van der Waals surface area contributed by atoms with Crippen LogP contribution in [0.15, 0.2) is 12.2 Å². The van der Waals surface area contributed by atoms with Gasteiger partial charge in [-0.3, -0.25) is 0 Å². The van der Waals surface area contributed by atoms with Crippen molar-refractivity contribution in [1.29, 1.82) is 0 Å². The van der Waals surface area contributed by atoms with Gasteiger partial charge in [0, 0.05) is 25.4 Å². The molecular weight excluding hydrogens is 226 g/mol. The average molecular weight is 251 g/mol. The van der Waals surface area contributed by atoms with Crippen LogP contribution in [0.1, 0.15) is 38.5 Å². The summed E-state index contributed by atoms with van der Waals surface area (Å²) in [5, 5.41) is 0. The van der Waals surface area contributed by atoms with E-state index in [2.05, 4.69) is 24.1 Å². The molecule has 18 heavy (non-hydrogen) atoms. The Hall–Kier alpha value is -0.380. The summed E-state index contributed by atoms with van der Waals surface area (Å²) in [6, 6.07) is 0.726. The molecule has 1 spiro atoms. The van der Waals surface area contributed by atoms with Gasteiger partial charge in [0.25, 0.3) is 0 Å². The Morgan fingerprint density at radius 2 is 1.72 bits per heavy atom. The molecular formula is C15H25NO2. The van der Waals surface area contributed by atoms with E-state index in [1.807, 2.05) is 0 Å². The van der Waals surface area contributed by atoms with Crippen LogP contribution in [0.4, 0.5) is 0 Å². The van der Waals surface area contributed by atoms with Crippen LogP contribution in [0.5, 0.6) is 0 Å². The Morgan fingerprint density at radius 3 is 2.33 bits per heavy atom. The second-order valence-corrected chi connectivity index (χ2v) is 6.09. The number of ether oxygens (including phenoxy) is 2. The zero-order valence-corrected chi connectivity index (χ0v) is 11.4. The Morgan fingerprint density at radius 1 is 1.11 bits per heavy atom. The van der Waals surface area contributed by atoms with Gasteiger partial charge in [0.05, 0.1) is 13.2 Å². The minimum Gasteiger partial charge on any atom is -0.348 e. The second kappa shape index (κ2) is 5.32. The highest BCUT2D eigenvalue weighted by atomic mass is 16.7. The minimum atomic E-state index is -0.202. The number of hydrogen-bond acceptors (Lipinski definition) is 3. The molecule has 3 heteroatoms. The fourth-order valence-electron chi connectivity index (χ4n) is 3.65. The standard InChI is InChI=1S/C15H25NO2/c1-16(12-13-4-2-3-5-13)14-6-8-15(9-7-14)17-10-11-18-15/h2-3,13-14H,4-12H2,1H3. The smallest absolute Gasteiger partial charge is 0.168 e. The predicted molar refractivity (Wildman–Crippen MR) is 71.4 cm³/mol. The summed E-state index contributed by atoms with van der Waals surface area (Å²) in [7, 11) is 2.29. The second-order valence-electron chi connectivity index (χ2n) is 6.09. The fraction of sp³-hybridized carbons (Fsp3) is 0.867. The van der Waals surface area contributed by atoms with Crippen LogP contribution >= 0.6 is 0 Å². The van der Waals surface area contributed by atoms with Gasteiger partial charge in [-0.25, -0.2) is 0 Å². The van der Waals surface area contributed by atoms with Gasteiger partial charge in [0.1, 0.15) is 0 Å². The van der Waals surface area contributed by atoms with Crippen LogP contribution in [0.3, 0.4) is 0 Å². The van der Waals surface area contributed by atoms with E-state index in [4.69, 9.17) is 9.47 Å². The Kier molecular flexibility index (Phi) is 3.73. The highest BCUT2D eigenvalue weighted by molar-refractivity contribution is 4.95. The molecule has 0 N–H and O–H groups in total. The summed E-state index contributed by atoms with van der Waals surface area (Å²) in [6.45, 7) is 2.81. The van der Waals surface area contributed by atoms with Gasteiger partial charge in [0.15, 0.2) is 5.79 Å². The molecule has 0 radical (unpaired) electrons. The highest BCUT2D eigenvalue weighted by Crippen LogP contribution is 2.37. The molecule has 2 fully saturated rings. The molecule has 3 rings (SSSR count). The van der Waals surface area contributed by atoms with E-state index in [0.29, 0.717) is 0 Å². The van der Waals surface area contributed by atoms with Gasteiger partial charge < -0.3 is 14.4 Å². The normalized spacial score (nSPS) is 28.8. The molecule has 0 aromatic carbocycles. The Balaban J connectivity index is 1.46. The predicted octanol–water partition coefficient (Wildman–Crippen LogP) is 2.57. The van der Waals surface area contributed by atoms with E-state index in [1.165, 1.54) is 32.2 Å². The summed E-state index contributed by atoms with van der Waals surface area (Å²) in [5.41, 5.74) is 0. The molecule has 0 atom stereocenters. The van der Waals surface area contributed by atoms with Crippen molar-refractivity contribution < 1.29 is 9.47 Å². The molecule has 0 bridgehead atoms. The van der Waals surface area contributed by atoms with Gasteiger partial charge in [-0.15, -0.1) is 0 Å². The lowest BCUT2D eigenvalue weighted by molar-refractivity contribution is -0.183. The van der Waals surface area contributed by atoms with Crippen molar-refractivity contribution in [2.75, 3.05) is 26.8 Å². The lowest BCUT2D eigenvalue weighted by Gasteiger charge is -2.39. The van der Waals surface area contributed by atoms with Gasteiger partial charge >= 0.3 is 0 Å². The van der Waals surface area contributed by atoms with Crippen LogP contribution in [0.25, 0.3) is 0 Å². The molecule has 1 saturated carbocycles. The summed E-state index contributed by atoms with van der Waals surface area (Å²) in [5.74, 6) is 0.650. The third kappa shape index (κ3) is 2.63. The third-order valence-corrected chi connectivity index (χ3v) is 4.81. The molecule has 1 saturated heterocycles. The van der Waals surface area contributed by atoms with Crippen molar-refractivity contribution in [2.45, 2.75) is 50.4 Å².